The van der Waals surface area contributed by atoms with Crippen molar-refractivity contribution in [3.8, 4) is 5.75 Å². The largest absolute Gasteiger partial charge is 0.426 e. The van der Waals surface area contributed by atoms with Crippen LogP contribution < -0.4 is 14.5 Å². The summed E-state index contributed by atoms with van der Waals surface area (Å²) in [7, 11) is 0. The standard InChI is InChI=1S/C27H22N2O5/c1-16-11-17(2)13-20(12-16)28-15-18(14-24(28)30)27(33)34-21-9-7-19(8-10-21)29-25(31)22-5-3-4-6-23(22)26(29)32/h3-13,18H,14-15H2,1-2H3/t18-/m1/s1. The van der Waals surface area contributed by atoms with Crippen molar-refractivity contribution < 1.29 is 23.9 Å². The number of ether oxygens (including phenoxy) is 1. The third-order valence-corrected chi connectivity index (χ3v) is 6.08. The van der Waals surface area contributed by atoms with Gasteiger partial charge in [-0.3, -0.25) is 19.2 Å². The minimum absolute atomic E-state index is 0.0823. The summed E-state index contributed by atoms with van der Waals surface area (Å²) in [5.41, 5.74) is 4.00. The van der Waals surface area contributed by atoms with Crippen LogP contribution in [-0.2, 0) is 9.59 Å². The van der Waals surface area contributed by atoms with E-state index in [9.17, 15) is 19.2 Å². The maximum atomic E-state index is 12.7. The van der Waals surface area contributed by atoms with Gasteiger partial charge in [-0.15, -0.1) is 0 Å². The number of esters is 1. The molecule has 1 atom stereocenters. The van der Waals surface area contributed by atoms with Crippen LogP contribution in [0.1, 0.15) is 38.3 Å². The predicted molar refractivity (Wildman–Crippen MR) is 126 cm³/mol. The smallest absolute Gasteiger partial charge is 0.316 e. The Kier molecular flexibility index (Phi) is 5.24. The van der Waals surface area contributed by atoms with Crippen molar-refractivity contribution >= 4 is 35.1 Å². The second-order valence-corrected chi connectivity index (χ2v) is 8.66. The Bertz CT molecular complexity index is 1290. The van der Waals surface area contributed by atoms with Gasteiger partial charge in [0.1, 0.15) is 5.75 Å². The van der Waals surface area contributed by atoms with Crippen molar-refractivity contribution in [3.05, 3.63) is 89.0 Å². The van der Waals surface area contributed by atoms with E-state index in [0.717, 1.165) is 21.7 Å². The molecule has 0 unspecified atom stereocenters. The third kappa shape index (κ3) is 3.75. The predicted octanol–water partition coefficient (Wildman–Crippen LogP) is 4.06. The van der Waals surface area contributed by atoms with Crippen LogP contribution in [0.2, 0.25) is 0 Å². The Hall–Kier alpha value is -4.26. The topological polar surface area (TPSA) is 84.0 Å². The second-order valence-electron chi connectivity index (χ2n) is 8.66. The zero-order valence-electron chi connectivity index (χ0n) is 18.8. The van der Waals surface area contributed by atoms with E-state index in [-0.39, 0.29) is 36.4 Å². The fourth-order valence-corrected chi connectivity index (χ4v) is 4.51. The lowest BCUT2D eigenvalue weighted by molar-refractivity contribution is -0.139. The van der Waals surface area contributed by atoms with Crippen LogP contribution in [0.5, 0.6) is 5.75 Å². The first-order chi connectivity index (χ1) is 16.3. The van der Waals surface area contributed by atoms with E-state index >= 15 is 0 Å². The molecule has 34 heavy (non-hydrogen) atoms. The first-order valence-corrected chi connectivity index (χ1v) is 11.0. The number of nitrogens with zero attached hydrogens (tertiary/aromatic N) is 2. The highest BCUT2D eigenvalue weighted by Gasteiger charge is 2.38. The second kappa shape index (κ2) is 8.26. The highest BCUT2D eigenvalue weighted by atomic mass is 16.5. The SMILES string of the molecule is Cc1cc(C)cc(N2C[C@H](C(=O)Oc3ccc(N4C(=O)c5ccccc5C4=O)cc3)CC2=O)c1. The van der Waals surface area contributed by atoms with E-state index in [0.29, 0.717) is 16.8 Å². The number of carbonyl (C=O) groups excluding carboxylic acids is 4. The monoisotopic (exact) mass is 454 g/mol. The quantitative estimate of drug-likeness (QED) is 0.337. The lowest BCUT2D eigenvalue weighted by Crippen LogP contribution is -2.29. The molecule has 0 radical (unpaired) electrons. The van der Waals surface area contributed by atoms with Crippen LogP contribution in [-0.4, -0.2) is 30.2 Å². The number of benzene rings is 3. The van der Waals surface area contributed by atoms with Crippen LogP contribution in [0.4, 0.5) is 11.4 Å². The molecule has 0 saturated carbocycles. The van der Waals surface area contributed by atoms with Gasteiger partial charge in [-0.05, 0) is 73.5 Å². The molecular weight excluding hydrogens is 432 g/mol. The first kappa shape index (κ1) is 21.6. The number of hydrogen-bond donors (Lipinski definition) is 0. The van der Waals surface area contributed by atoms with Crippen LogP contribution in [0.25, 0.3) is 0 Å². The van der Waals surface area contributed by atoms with Crippen molar-refractivity contribution in [2.45, 2.75) is 20.3 Å². The molecule has 0 spiro atoms. The zero-order chi connectivity index (χ0) is 24.0. The number of carbonyl (C=O) groups is 4. The van der Waals surface area contributed by atoms with Gasteiger partial charge in [0.15, 0.2) is 0 Å². The van der Waals surface area contributed by atoms with Crippen molar-refractivity contribution in [2.75, 3.05) is 16.3 Å². The van der Waals surface area contributed by atoms with Gasteiger partial charge in [0.05, 0.1) is 22.7 Å². The van der Waals surface area contributed by atoms with E-state index in [4.69, 9.17) is 4.74 Å². The Morgan fingerprint density at radius 1 is 0.824 bits per heavy atom. The van der Waals surface area contributed by atoms with Crippen LogP contribution in [0.15, 0.2) is 66.7 Å². The maximum absolute atomic E-state index is 12.7. The summed E-state index contributed by atoms with van der Waals surface area (Å²) in [5, 5.41) is 0. The molecule has 170 valence electrons. The lowest BCUT2D eigenvalue weighted by Gasteiger charge is -2.18. The fraction of sp³-hybridized carbons (Fsp3) is 0.185. The molecule has 1 fully saturated rings. The van der Waals surface area contributed by atoms with E-state index in [1.54, 1.807) is 41.3 Å². The molecule has 2 heterocycles. The van der Waals surface area contributed by atoms with Crippen molar-refractivity contribution in [1.82, 2.24) is 0 Å². The Morgan fingerprint density at radius 2 is 1.41 bits per heavy atom. The van der Waals surface area contributed by atoms with Crippen LogP contribution in [0.3, 0.4) is 0 Å². The van der Waals surface area contributed by atoms with Crippen molar-refractivity contribution in [3.63, 3.8) is 0 Å². The number of imide groups is 1. The van der Waals surface area contributed by atoms with Crippen LogP contribution in [0, 0.1) is 19.8 Å². The van der Waals surface area contributed by atoms with Gasteiger partial charge in [0.25, 0.3) is 11.8 Å². The number of aryl methyl sites for hydroxylation is 2. The summed E-state index contributed by atoms with van der Waals surface area (Å²) in [5.74, 6) is -1.68. The van der Waals surface area contributed by atoms with Crippen molar-refractivity contribution in [2.24, 2.45) is 5.92 Å². The molecule has 3 aromatic rings. The summed E-state index contributed by atoms with van der Waals surface area (Å²) in [6, 6.07) is 18.7. The van der Waals surface area contributed by atoms with Gasteiger partial charge in [0.2, 0.25) is 5.91 Å². The van der Waals surface area contributed by atoms with Gasteiger partial charge in [-0.2, -0.15) is 0 Å². The molecule has 0 aromatic heterocycles. The summed E-state index contributed by atoms with van der Waals surface area (Å²) >= 11 is 0. The van der Waals surface area contributed by atoms with E-state index in [1.165, 1.54) is 12.1 Å². The molecule has 0 aliphatic carbocycles. The molecule has 0 bridgehead atoms. The molecule has 2 aliphatic heterocycles. The minimum atomic E-state index is -0.579. The molecule has 3 aromatic carbocycles. The summed E-state index contributed by atoms with van der Waals surface area (Å²) in [6.45, 7) is 4.19. The highest BCUT2D eigenvalue weighted by Crippen LogP contribution is 2.31. The van der Waals surface area contributed by atoms with Gasteiger partial charge in [-0.1, -0.05) is 18.2 Å². The van der Waals surface area contributed by atoms with Crippen molar-refractivity contribution in [1.29, 1.82) is 0 Å². The zero-order valence-corrected chi connectivity index (χ0v) is 18.8. The normalized spacial score (nSPS) is 17.4. The van der Waals surface area contributed by atoms with E-state index < -0.39 is 11.9 Å². The molecule has 1 saturated heterocycles. The number of anilines is 2. The minimum Gasteiger partial charge on any atom is -0.426 e. The molecule has 3 amide bonds. The molecule has 0 N–H and O–H groups in total. The number of hydrogen-bond acceptors (Lipinski definition) is 5. The van der Waals surface area contributed by atoms with Gasteiger partial charge >= 0.3 is 5.97 Å². The average Bonchev–Trinajstić information content (AvgIpc) is 3.32. The molecular formula is C27H22N2O5. The molecule has 7 nitrogen and oxygen atoms in total. The number of rotatable bonds is 4. The van der Waals surface area contributed by atoms with Crippen LogP contribution >= 0.6 is 0 Å². The lowest BCUT2D eigenvalue weighted by atomic mass is 10.1. The maximum Gasteiger partial charge on any atom is 0.316 e. The number of amides is 3. The third-order valence-electron chi connectivity index (χ3n) is 6.08. The highest BCUT2D eigenvalue weighted by molar-refractivity contribution is 6.34. The summed E-state index contributed by atoms with van der Waals surface area (Å²) in [4.78, 5) is 53.3. The van der Waals surface area contributed by atoms with Gasteiger partial charge < -0.3 is 9.64 Å². The average molecular weight is 454 g/mol. The first-order valence-electron chi connectivity index (χ1n) is 11.0. The number of fused-ring (bicyclic) bond motifs is 1. The molecule has 7 heteroatoms. The Labute approximate surface area is 196 Å². The van der Waals surface area contributed by atoms with Gasteiger partial charge in [0, 0.05) is 18.7 Å². The van der Waals surface area contributed by atoms with Gasteiger partial charge in [-0.25, -0.2) is 4.90 Å². The van der Waals surface area contributed by atoms with E-state index in [2.05, 4.69) is 0 Å². The Morgan fingerprint density at radius 3 is 2.00 bits per heavy atom. The summed E-state index contributed by atoms with van der Waals surface area (Å²) in [6.07, 6.45) is 0.0823. The molecule has 5 rings (SSSR count). The fourth-order valence-electron chi connectivity index (χ4n) is 4.51. The summed E-state index contributed by atoms with van der Waals surface area (Å²) < 4.78 is 5.51. The molecule has 2 aliphatic rings. The van der Waals surface area contributed by atoms with E-state index in [1.807, 2.05) is 32.0 Å². The Balaban J connectivity index is 1.27.